The number of carboxylic acid groups (broad SMARTS) is 3. The highest BCUT2D eigenvalue weighted by atomic mass is 16.4. The van der Waals surface area contributed by atoms with Gasteiger partial charge in [-0.15, -0.1) is 0 Å². The molecule has 2 rings (SSSR count). The van der Waals surface area contributed by atoms with Gasteiger partial charge in [-0.1, -0.05) is 30.3 Å². The third-order valence-electron chi connectivity index (χ3n) is 13.1. The number of hydrogen-bond donors (Lipinski definition) is 18. The molecule has 1 heterocycles. The van der Waals surface area contributed by atoms with Crippen molar-refractivity contribution in [3.8, 4) is 0 Å². The third kappa shape index (κ3) is 28.5. The van der Waals surface area contributed by atoms with Crippen LogP contribution in [-0.2, 0) is 64.0 Å². The van der Waals surface area contributed by atoms with Gasteiger partial charge in [-0.2, -0.15) is 0 Å². The van der Waals surface area contributed by atoms with Crippen LogP contribution < -0.4 is 82.3 Å². The van der Waals surface area contributed by atoms with E-state index in [0.29, 0.717) is 37.7 Å². The molecule has 0 bridgehead atoms. The maximum atomic E-state index is 14.3. The number of guanidine groups is 1. The first kappa shape index (κ1) is 71.1. The van der Waals surface area contributed by atoms with E-state index in [4.69, 9.17) is 34.4 Å². The molecule has 0 saturated carbocycles. The second-order valence-electron chi connectivity index (χ2n) is 20.0. The molecule has 31 heteroatoms. The number of hydrogen-bond acceptors (Lipinski definition) is 17. The van der Waals surface area contributed by atoms with Crippen LogP contribution in [0.4, 0.5) is 0 Å². The standard InChI is InChI=1S/C52H86N16O15/c53-22-8-4-15-31(63-48(79)36-20-21-40(69)60-36)43(74)61-33(17-6-10-24-55)45(76)66-37(28-41(70)71)49(80)64-32(16-5-9-23-54)44(75)62-34(18-7-11-25-56)46(77)67-38(29-42(72)73)50(81)65-35(19-12-26-59-52(57)58)47(78)68-39(51(82)83)27-30-13-2-1-3-14-30/h1-3,13-14,31-39H,4-12,15-29,53-56H2,(H,60,69)(H,61,74)(H,62,75)(H,63,79)(H,64,80)(H,65,81)(H,66,76)(H,67,77)(H,68,78)(H,70,71)(H,72,73)(H,82,83)(H4,57,58,59)/t31-,32-,33-,34-,35-,36-,37-,38-,39-/m0/s1. The quantitative estimate of drug-likeness (QED) is 0.0165. The summed E-state index contributed by atoms with van der Waals surface area (Å²) in [5.41, 5.74) is 34.2. The summed E-state index contributed by atoms with van der Waals surface area (Å²) in [6, 6.07) is -5.02. The SMILES string of the molecule is NCCCC[C@H](NC(=O)[C@@H]1CCC(=O)N1)C(=O)N[C@@H](CCCCN)C(=O)N[C@@H](CC(=O)O)C(=O)N[C@@H](CCCCN)C(=O)N[C@@H](CCCCN)C(=O)N[C@@H](CC(=O)O)C(=O)N[C@@H](CCCN=C(N)N)C(=O)N[C@@H](Cc1ccccc1)C(=O)O. The third-order valence-corrected chi connectivity index (χ3v) is 13.1. The number of aliphatic imine (C=N–C) groups is 1. The zero-order chi connectivity index (χ0) is 61.9. The molecule has 9 atom stereocenters. The molecular weight excluding hydrogens is 1090 g/mol. The maximum absolute atomic E-state index is 14.3. The molecule has 0 aromatic heterocycles. The molecule has 31 nitrogen and oxygen atoms in total. The van der Waals surface area contributed by atoms with Crippen molar-refractivity contribution < 1.29 is 72.9 Å². The second kappa shape index (κ2) is 39.4. The van der Waals surface area contributed by atoms with E-state index in [1.54, 1.807) is 30.3 Å². The minimum atomic E-state index is -1.91. The largest absolute Gasteiger partial charge is 0.481 e. The Balaban J connectivity index is 2.45. The van der Waals surface area contributed by atoms with E-state index >= 15 is 0 Å². The number of aliphatic carboxylic acids is 3. The Bertz CT molecular complexity index is 2340. The van der Waals surface area contributed by atoms with Crippen molar-refractivity contribution in [1.29, 1.82) is 0 Å². The van der Waals surface area contributed by atoms with Crippen molar-refractivity contribution in [3.63, 3.8) is 0 Å². The van der Waals surface area contributed by atoms with E-state index in [2.05, 4.69) is 52.8 Å². The van der Waals surface area contributed by atoms with Gasteiger partial charge in [0.25, 0.3) is 0 Å². The smallest absolute Gasteiger partial charge is 0.326 e. The number of amides is 9. The topological polar surface area (TPSA) is 542 Å². The average Bonchev–Trinajstić information content (AvgIpc) is 3.98. The fourth-order valence-electron chi connectivity index (χ4n) is 8.63. The highest BCUT2D eigenvalue weighted by Crippen LogP contribution is 2.13. The van der Waals surface area contributed by atoms with Crippen molar-refractivity contribution in [2.24, 2.45) is 39.4 Å². The maximum Gasteiger partial charge on any atom is 0.326 e. The first-order valence-electron chi connectivity index (χ1n) is 27.8. The molecule has 0 radical (unpaired) electrons. The molecule has 0 aliphatic carbocycles. The molecule has 1 aromatic carbocycles. The number of rotatable bonds is 43. The first-order chi connectivity index (χ1) is 39.5. The van der Waals surface area contributed by atoms with Crippen LogP contribution in [0.1, 0.15) is 121 Å². The molecule has 0 spiro atoms. The summed E-state index contributed by atoms with van der Waals surface area (Å²) in [6.45, 7) is 0.747. The predicted molar refractivity (Wildman–Crippen MR) is 300 cm³/mol. The number of nitrogens with two attached hydrogens (primary N) is 6. The lowest BCUT2D eigenvalue weighted by Crippen LogP contribution is -2.60. The van der Waals surface area contributed by atoms with Gasteiger partial charge in [0.2, 0.25) is 53.2 Å². The van der Waals surface area contributed by atoms with Crippen LogP contribution >= 0.6 is 0 Å². The molecule has 1 fully saturated rings. The number of carbonyl (C=O) groups excluding carboxylic acids is 9. The summed E-state index contributed by atoms with van der Waals surface area (Å²) in [4.78, 5) is 164. The predicted octanol–water partition coefficient (Wildman–Crippen LogP) is -5.01. The van der Waals surface area contributed by atoms with E-state index in [1.807, 2.05) is 0 Å². The van der Waals surface area contributed by atoms with Gasteiger partial charge in [-0.05, 0) is 128 Å². The van der Waals surface area contributed by atoms with Crippen LogP contribution in [0.2, 0.25) is 0 Å². The van der Waals surface area contributed by atoms with Gasteiger partial charge in [0.05, 0.1) is 12.8 Å². The van der Waals surface area contributed by atoms with Crippen LogP contribution in [0.25, 0.3) is 0 Å². The Morgan fingerprint density at radius 2 is 0.819 bits per heavy atom. The summed E-state index contributed by atoms with van der Waals surface area (Å²) in [6.07, 6.45) is 0.260. The first-order valence-corrected chi connectivity index (χ1v) is 27.8. The van der Waals surface area contributed by atoms with Crippen molar-refractivity contribution in [3.05, 3.63) is 35.9 Å². The Labute approximate surface area is 480 Å². The summed E-state index contributed by atoms with van der Waals surface area (Å²) in [5.74, 6) is -13.0. The molecule has 0 unspecified atom stereocenters. The zero-order valence-electron chi connectivity index (χ0n) is 46.7. The number of carbonyl (C=O) groups is 12. The van der Waals surface area contributed by atoms with Crippen LogP contribution in [-0.4, -0.2) is 179 Å². The Morgan fingerprint density at radius 3 is 1.14 bits per heavy atom. The molecule has 83 heavy (non-hydrogen) atoms. The molecule has 1 aliphatic rings. The summed E-state index contributed by atoms with van der Waals surface area (Å²) in [5, 5.41) is 52.0. The number of nitrogens with zero attached hydrogens (tertiary/aromatic N) is 1. The van der Waals surface area contributed by atoms with Crippen LogP contribution in [0.15, 0.2) is 35.3 Å². The van der Waals surface area contributed by atoms with Gasteiger partial charge < -0.3 is 97.6 Å². The van der Waals surface area contributed by atoms with E-state index in [0.717, 1.165) is 0 Å². The van der Waals surface area contributed by atoms with E-state index < -0.39 is 132 Å². The molecule has 1 aliphatic heterocycles. The van der Waals surface area contributed by atoms with Gasteiger partial charge in [-0.3, -0.25) is 57.7 Å². The van der Waals surface area contributed by atoms with Gasteiger partial charge >= 0.3 is 17.9 Å². The van der Waals surface area contributed by atoms with Gasteiger partial charge in [0.1, 0.15) is 54.4 Å². The normalized spacial score (nSPS) is 15.6. The van der Waals surface area contributed by atoms with Crippen molar-refractivity contribution >= 4 is 77.0 Å². The molecule has 9 amide bonds. The van der Waals surface area contributed by atoms with Crippen molar-refractivity contribution in [2.75, 3.05) is 32.7 Å². The van der Waals surface area contributed by atoms with Crippen molar-refractivity contribution in [2.45, 2.75) is 176 Å². The highest BCUT2D eigenvalue weighted by Gasteiger charge is 2.37. The van der Waals surface area contributed by atoms with Crippen LogP contribution in [0.3, 0.4) is 0 Å². The molecular formula is C52H86N16O15. The van der Waals surface area contributed by atoms with Crippen LogP contribution in [0, 0.1) is 0 Å². The zero-order valence-corrected chi connectivity index (χ0v) is 46.7. The van der Waals surface area contributed by atoms with Gasteiger partial charge in [-0.25, -0.2) is 4.79 Å². The van der Waals surface area contributed by atoms with E-state index in [-0.39, 0.29) is 122 Å². The number of nitrogens with one attached hydrogen (secondary N) is 9. The molecule has 1 saturated heterocycles. The minimum absolute atomic E-state index is 0.0304. The number of unbranched alkanes of at least 4 members (excludes halogenated alkanes) is 4. The Morgan fingerprint density at radius 1 is 0.482 bits per heavy atom. The van der Waals surface area contributed by atoms with E-state index in [1.165, 1.54) is 0 Å². The minimum Gasteiger partial charge on any atom is -0.481 e. The molecule has 1 aromatic rings. The Hall–Kier alpha value is -8.03. The molecule has 464 valence electrons. The monoisotopic (exact) mass is 1170 g/mol. The lowest BCUT2D eigenvalue weighted by molar-refractivity contribution is -0.143. The summed E-state index contributed by atoms with van der Waals surface area (Å²) < 4.78 is 0. The average molecular weight is 1180 g/mol. The fraction of sp³-hybridized carbons (Fsp3) is 0.635. The lowest BCUT2D eigenvalue weighted by Gasteiger charge is -2.28. The van der Waals surface area contributed by atoms with E-state index in [9.17, 15) is 72.9 Å². The second-order valence-corrected chi connectivity index (χ2v) is 20.0. The van der Waals surface area contributed by atoms with Crippen molar-refractivity contribution in [1.82, 2.24) is 47.9 Å². The van der Waals surface area contributed by atoms with Gasteiger partial charge in [0.15, 0.2) is 5.96 Å². The molecule has 24 N–H and O–H groups in total. The highest BCUT2D eigenvalue weighted by molar-refractivity contribution is 6.00. The number of carboxylic acids is 3. The number of benzene rings is 1. The Kier molecular flexibility index (Phi) is 33.7. The summed E-state index contributed by atoms with van der Waals surface area (Å²) in [7, 11) is 0. The van der Waals surface area contributed by atoms with Gasteiger partial charge in [0, 0.05) is 19.4 Å². The lowest BCUT2D eigenvalue weighted by atomic mass is 10.0. The van der Waals surface area contributed by atoms with Crippen LogP contribution in [0.5, 0.6) is 0 Å². The summed E-state index contributed by atoms with van der Waals surface area (Å²) >= 11 is 0. The fourth-order valence-corrected chi connectivity index (χ4v) is 8.63.